The van der Waals surface area contributed by atoms with Gasteiger partial charge in [0.15, 0.2) is 0 Å². The second-order valence-electron chi connectivity index (χ2n) is 10.3. The number of benzene rings is 3. The average molecular weight is 568 g/mol. The quantitative estimate of drug-likeness (QED) is 0.246. The Balaban J connectivity index is 1.30. The van der Waals surface area contributed by atoms with Crippen LogP contribution < -0.4 is 14.8 Å². The number of carboxylic acid groups (broad SMARTS) is 1. The van der Waals surface area contributed by atoms with Crippen LogP contribution in [0.3, 0.4) is 0 Å². The minimum atomic E-state index is -4.79. The third kappa shape index (κ3) is 5.54. The third-order valence-electron chi connectivity index (χ3n) is 7.56. The van der Waals surface area contributed by atoms with Crippen molar-refractivity contribution in [3.63, 3.8) is 0 Å². The Morgan fingerprint density at radius 2 is 2.05 bits per heavy atom. The lowest BCUT2D eigenvalue weighted by Crippen LogP contribution is -2.17. The lowest BCUT2D eigenvalue weighted by molar-refractivity contribution is -0.274. The third-order valence-corrected chi connectivity index (χ3v) is 7.56. The number of nitrogens with one attached hydrogen (secondary N) is 1. The first-order chi connectivity index (χ1) is 19.7. The highest BCUT2D eigenvalue weighted by Crippen LogP contribution is 2.39. The number of imidazole rings is 1. The largest absolute Gasteiger partial charge is 0.573 e. The fourth-order valence-electron chi connectivity index (χ4n) is 5.59. The molecule has 0 bridgehead atoms. The number of nitrogens with zero attached hydrogens (tertiary/aromatic N) is 2. The number of hydrogen-bond donors (Lipinski definition) is 2. The van der Waals surface area contributed by atoms with Gasteiger partial charge in [0.25, 0.3) is 0 Å². The summed E-state index contributed by atoms with van der Waals surface area (Å²) in [6.07, 6.45) is -3.40. The van der Waals surface area contributed by atoms with Crippen LogP contribution >= 0.6 is 0 Å². The maximum Gasteiger partial charge on any atom is 0.573 e. The van der Waals surface area contributed by atoms with E-state index in [0.29, 0.717) is 42.4 Å². The van der Waals surface area contributed by atoms with Gasteiger partial charge in [0, 0.05) is 42.5 Å². The molecule has 0 amide bonds. The van der Waals surface area contributed by atoms with Gasteiger partial charge in [-0.05, 0) is 55.2 Å². The summed E-state index contributed by atoms with van der Waals surface area (Å²) in [4.78, 5) is 15.8. The molecular weight excluding hydrogens is 539 g/mol. The van der Waals surface area contributed by atoms with Gasteiger partial charge in [-0.3, -0.25) is 9.36 Å². The van der Waals surface area contributed by atoms with Crippen LogP contribution in [0.25, 0.3) is 16.7 Å². The highest BCUT2D eigenvalue weighted by molar-refractivity contribution is 5.80. The Labute approximate surface area is 233 Å². The lowest BCUT2D eigenvalue weighted by Gasteiger charge is -2.18. The standard InChI is InChI=1S/C30H28F3N3O5/c1-17-18(15-34-20-7-9-22-19(12-28(37)38)16-40-27(22)13-20)4-2-5-24(17)36-25-10-8-21(41-30(31,32)33)14-23(25)35-29(36)26-6-3-11-39-26/h2,4-5,7-10,13-14,19,26,34H,3,6,11-12,15-16H2,1H3,(H,37,38)/t19-,26?/m1/s1. The molecule has 1 aromatic heterocycles. The average Bonchev–Trinajstić information content (AvgIpc) is 3.66. The van der Waals surface area contributed by atoms with Gasteiger partial charge in [-0.25, -0.2) is 4.98 Å². The zero-order valence-electron chi connectivity index (χ0n) is 22.2. The van der Waals surface area contributed by atoms with E-state index in [1.54, 1.807) is 6.07 Å². The van der Waals surface area contributed by atoms with Crippen LogP contribution in [0.15, 0.2) is 54.6 Å². The fourth-order valence-corrected chi connectivity index (χ4v) is 5.59. The van der Waals surface area contributed by atoms with Crippen molar-refractivity contribution in [3.8, 4) is 17.2 Å². The number of rotatable bonds is 8. The van der Waals surface area contributed by atoms with Crippen LogP contribution in [-0.2, 0) is 16.1 Å². The number of fused-ring (bicyclic) bond motifs is 2. The minimum absolute atomic E-state index is 0.0270. The number of halogens is 3. The predicted octanol–water partition coefficient (Wildman–Crippen LogP) is 6.65. The molecule has 11 heteroatoms. The van der Waals surface area contributed by atoms with Crippen molar-refractivity contribution < 1.29 is 37.3 Å². The van der Waals surface area contributed by atoms with Crippen molar-refractivity contribution in [3.05, 3.63) is 77.1 Å². The Morgan fingerprint density at radius 1 is 1.20 bits per heavy atom. The molecule has 3 aromatic carbocycles. The molecule has 214 valence electrons. The molecule has 0 aliphatic carbocycles. The second-order valence-corrected chi connectivity index (χ2v) is 10.3. The summed E-state index contributed by atoms with van der Waals surface area (Å²) in [7, 11) is 0. The summed E-state index contributed by atoms with van der Waals surface area (Å²) in [6, 6.07) is 15.8. The van der Waals surface area contributed by atoms with Crippen LogP contribution in [0.4, 0.5) is 18.9 Å². The maximum atomic E-state index is 12.9. The molecule has 8 nitrogen and oxygen atoms in total. The first-order valence-electron chi connectivity index (χ1n) is 13.4. The molecule has 41 heavy (non-hydrogen) atoms. The highest BCUT2D eigenvalue weighted by atomic mass is 19.4. The van der Waals surface area contributed by atoms with Crippen LogP contribution in [0.2, 0.25) is 0 Å². The van der Waals surface area contributed by atoms with E-state index in [1.165, 1.54) is 12.1 Å². The van der Waals surface area contributed by atoms with Gasteiger partial charge in [0.05, 0.1) is 29.7 Å². The van der Waals surface area contributed by atoms with E-state index in [9.17, 15) is 18.0 Å². The first-order valence-corrected chi connectivity index (χ1v) is 13.4. The Bertz CT molecular complexity index is 1610. The number of anilines is 1. The van der Waals surface area contributed by atoms with Gasteiger partial charge in [-0.15, -0.1) is 13.2 Å². The summed E-state index contributed by atoms with van der Waals surface area (Å²) in [5.74, 6) is -0.00824. The van der Waals surface area contributed by atoms with Gasteiger partial charge in [0.2, 0.25) is 0 Å². The molecule has 0 spiro atoms. The van der Waals surface area contributed by atoms with Gasteiger partial charge < -0.3 is 24.6 Å². The summed E-state index contributed by atoms with van der Waals surface area (Å²) in [5.41, 5.74) is 5.64. The van der Waals surface area contributed by atoms with E-state index in [0.717, 1.165) is 40.9 Å². The lowest BCUT2D eigenvalue weighted by atomic mass is 9.98. The summed E-state index contributed by atoms with van der Waals surface area (Å²) < 4.78 is 56.3. The molecule has 3 heterocycles. The Morgan fingerprint density at radius 3 is 2.80 bits per heavy atom. The van der Waals surface area contributed by atoms with Crippen LogP contribution in [0.1, 0.15) is 53.8 Å². The number of carbonyl (C=O) groups is 1. The zero-order valence-corrected chi connectivity index (χ0v) is 22.2. The molecule has 2 aliphatic rings. The van der Waals surface area contributed by atoms with Crippen molar-refractivity contribution in [1.82, 2.24) is 9.55 Å². The van der Waals surface area contributed by atoms with E-state index in [1.807, 2.05) is 47.9 Å². The predicted molar refractivity (Wildman–Crippen MR) is 145 cm³/mol. The molecule has 2 atom stereocenters. The smallest absolute Gasteiger partial charge is 0.493 e. The highest BCUT2D eigenvalue weighted by Gasteiger charge is 2.32. The van der Waals surface area contributed by atoms with Gasteiger partial charge in [-0.2, -0.15) is 0 Å². The van der Waals surface area contributed by atoms with Crippen LogP contribution in [0.5, 0.6) is 11.5 Å². The van der Waals surface area contributed by atoms with E-state index >= 15 is 0 Å². The molecule has 1 unspecified atom stereocenters. The molecule has 4 aromatic rings. The summed E-state index contributed by atoms with van der Waals surface area (Å²) in [6.45, 7) is 3.45. The number of hydrogen-bond acceptors (Lipinski definition) is 6. The summed E-state index contributed by atoms with van der Waals surface area (Å²) >= 11 is 0. The van der Waals surface area contributed by atoms with E-state index < -0.39 is 12.3 Å². The molecule has 1 fully saturated rings. The van der Waals surface area contributed by atoms with Crippen molar-refractivity contribution >= 4 is 22.7 Å². The minimum Gasteiger partial charge on any atom is -0.493 e. The van der Waals surface area contributed by atoms with E-state index in [2.05, 4.69) is 10.1 Å². The van der Waals surface area contributed by atoms with Crippen molar-refractivity contribution in [2.45, 2.75) is 51.1 Å². The monoisotopic (exact) mass is 567 g/mol. The topological polar surface area (TPSA) is 94.8 Å². The van der Waals surface area contributed by atoms with Crippen LogP contribution in [0, 0.1) is 6.92 Å². The van der Waals surface area contributed by atoms with Crippen molar-refractivity contribution in [1.29, 1.82) is 0 Å². The number of aliphatic carboxylic acids is 1. The molecule has 6 rings (SSSR count). The van der Waals surface area contributed by atoms with Crippen molar-refractivity contribution in [2.75, 3.05) is 18.5 Å². The molecular formula is C30H28F3N3O5. The maximum absolute atomic E-state index is 12.9. The molecule has 1 saturated heterocycles. The second kappa shape index (κ2) is 10.6. The van der Waals surface area contributed by atoms with Gasteiger partial charge in [0.1, 0.15) is 23.4 Å². The Hall–Kier alpha value is -4.25. The number of aromatic nitrogens is 2. The molecule has 0 saturated carbocycles. The van der Waals surface area contributed by atoms with E-state index in [-0.39, 0.29) is 24.2 Å². The van der Waals surface area contributed by atoms with Crippen LogP contribution in [-0.4, -0.2) is 40.2 Å². The Kier molecular flexibility index (Phi) is 6.98. The molecule has 2 N–H and O–H groups in total. The fraction of sp³-hybridized carbons (Fsp3) is 0.333. The normalized spacial score (nSPS) is 18.3. The number of carboxylic acids is 1. The number of ether oxygens (including phenoxy) is 3. The zero-order chi connectivity index (χ0) is 28.7. The number of alkyl halides is 3. The van der Waals surface area contributed by atoms with E-state index in [4.69, 9.17) is 19.6 Å². The first kappa shape index (κ1) is 26.9. The molecule has 2 aliphatic heterocycles. The SMILES string of the molecule is Cc1c(CNc2ccc3c(c2)OC[C@H]3CC(=O)O)cccc1-n1c(C2CCCO2)nc2cc(OC(F)(F)F)ccc21. The van der Waals surface area contributed by atoms with Gasteiger partial charge >= 0.3 is 12.3 Å². The van der Waals surface area contributed by atoms with Crippen molar-refractivity contribution in [2.24, 2.45) is 0 Å². The van der Waals surface area contributed by atoms with Gasteiger partial charge in [-0.1, -0.05) is 18.2 Å². The molecule has 0 radical (unpaired) electrons. The summed E-state index contributed by atoms with van der Waals surface area (Å²) in [5, 5.41) is 12.6.